The van der Waals surface area contributed by atoms with Gasteiger partial charge in [-0.25, -0.2) is 0 Å². The van der Waals surface area contributed by atoms with Gasteiger partial charge in [-0.15, -0.1) is 0 Å². The molecule has 1 fully saturated rings. The van der Waals surface area contributed by atoms with Gasteiger partial charge in [0.15, 0.2) is 0 Å². The molecule has 1 N–H and O–H groups in total. The minimum atomic E-state index is 0. The SMILES string of the molecule is CC1(C)CCC(C)(C)N1.[LiH]. The van der Waals surface area contributed by atoms with Crippen molar-refractivity contribution >= 4 is 18.9 Å². The van der Waals surface area contributed by atoms with Gasteiger partial charge in [-0.3, -0.25) is 0 Å². The zero-order valence-corrected chi connectivity index (χ0v) is 6.91. The molecular formula is C8H18LiN. The minimum absolute atomic E-state index is 0. The van der Waals surface area contributed by atoms with E-state index in [4.69, 9.17) is 0 Å². The fourth-order valence-corrected chi connectivity index (χ4v) is 1.67. The Balaban J connectivity index is 0.000000810. The van der Waals surface area contributed by atoms with Crippen molar-refractivity contribution in [2.75, 3.05) is 0 Å². The average molecular weight is 135 g/mol. The van der Waals surface area contributed by atoms with E-state index < -0.39 is 0 Å². The summed E-state index contributed by atoms with van der Waals surface area (Å²) in [5.41, 5.74) is 0.757. The fraction of sp³-hybridized carbons (Fsp3) is 1.00. The second-order valence-electron chi connectivity index (χ2n) is 4.39. The van der Waals surface area contributed by atoms with Gasteiger partial charge in [0.1, 0.15) is 0 Å². The molecule has 10 heavy (non-hydrogen) atoms. The summed E-state index contributed by atoms with van der Waals surface area (Å²) in [4.78, 5) is 0. The van der Waals surface area contributed by atoms with Crippen molar-refractivity contribution in [2.45, 2.75) is 51.6 Å². The van der Waals surface area contributed by atoms with Crippen LogP contribution in [0.1, 0.15) is 40.5 Å². The first-order valence-electron chi connectivity index (χ1n) is 3.71. The molecule has 0 spiro atoms. The van der Waals surface area contributed by atoms with Gasteiger partial charge in [0.25, 0.3) is 0 Å². The van der Waals surface area contributed by atoms with Crippen molar-refractivity contribution in [3.05, 3.63) is 0 Å². The first-order valence-corrected chi connectivity index (χ1v) is 3.71. The molecule has 0 saturated carbocycles. The van der Waals surface area contributed by atoms with E-state index in [9.17, 15) is 0 Å². The maximum atomic E-state index is 3.57. The van der Waals surface area contributed by atoms with Crippen molar-refractivity contribution in [2.24, 2.45) is 0 Å². The van der Waals surface area contributed by atoms with Crippen molar-refractivity contribution in [3.8, 4) is 0 Å². The number of hydrogen-bond acceptors (Lipinski definition) is 1. The van der Waals surface area contributed by atoms with Gasteiger partial charge >= 0.3 is 18.9 Å². The van der Waals surface area contributed by atoms with Crippen LogP contribution in [0, 0.1) is 0 Å². The van der Waals surface area contributed by atoms with E-state index in [0.717, 1.165) is 0 Å². The van der Waals surface area contributed by atoms with E-state index in [0.29, 0.717) is 11.1 Å². The Morgan fingerprint density at radius 2 is 1.20 bits per heavy atom. The number of hydrogen-bond donors (Lipinski definition) is 1. The molecule has 1 heterocycles. The van der Waals surface area contributed by atoms with Crippen LogP contribution in [0.4, 0.5) is 0 Å². The van der Waals surface area contributed by atoms with Crippen LogP contribution in [0.25, 0.3) is 0 Å². The van der Waals surface area contributed by atoms with Crippen LogP contribution in [-0.2, 0) is 0 Å². The van der Waals surface area contributed by atoms with Crippen molar-refractivity contribution in [1.29, 1.82) is 0 Å². The maximum absolute atomic E-state index is 3.57. The Kier molecular flexibility index (Phi) is 3.05. The van der Waals surface area contributed by atoms with E-state index in [1.54, 1.807) is 0 Å². The molecule has 56 valence electrons. The van der Waals surface area contributed by atoms with E-state index in [-0.39, 0.29) is 18.9 Å². The zero-order chi connectivity index (χ0) is 7.12. The monoisotopic (exact) mass is 135 g/mol. The quantitative estimate of drug-likeness (QED) is 0.493. The van der Waals surface area contributed by atoms with Crippen LogP contribution in [0.3, 0.4) is 0 Å². The molecule has 0 atom stereocenters. The van der Waals surface area contributed by atoms with Crippen LogP contribution in [-0.4, -0.2) is 29.9 Å². The summed E-state index contributed by atoms with van der Waals surface area (Å²) in [5, 5.41) is 3.57. The summed E-state index contributed by atoms with van der Waals surface area (Å²) in [6.45, 7) is 9.06. The van der Waals surface area contributed by atoms with E-state index in [2.05, 4.69) is 33.0 Å². The van der Waals surface area contributed by atoms with E-state index in [1.807, 2.05) is 0 Å². The average Bonchev–Trinajstić information content (AvgIpc) is 1.78. The molecule has 1 rings (SSSR count). The molecule has 1 aliphatic heterocycles. The Morgan fingerprint density at radius 3 is 1.30 bits per heavy atom. The summed E-state index contributed by atoms with van der Waals surface area (Å²) in [5.74, 6) is 0. The number of rotatable bonds is 0. The normalized spacial score (nSPS) is 27.6. The van der Waals surface area contributed by atoms with Crippen LogP contribution in [0.2, 0.25) is 0 Å². The van der Waals surface area contributed by atoms with Crippen LogP contribution < -0.4 is 5.32 Å². The van der Waals surface area contributed by atoms with Gasteiger partial charge in [0.05, 0.1) is 0 Å². The molecule has 1 saturated heterocycles. The second kappa shape index (κ2) is 2.89. The summed E-state index contributed by atoms with van der Waals surface area (Å²) < 4.78 is 0. The van der Waals surface area contributed by atoms with Crippen LogP contribution in [0.15, 0.2) is 0 Å². The van der Waals surface area contributed by atoms with Gasteiger partial charge in [0, 0.05) is 11.1 Å². The van der Waals surface area contributed by atoms with Crippen molar-refractivity contribution in [1.82, 2.24) is 5.32 Å². The second-order valence-corrected chi connectivity index (χ2v) is 4.39. The van der Waals surface area contributed by atoms with Crippen molar-refractivity contribution in [3.63, 3.8) is 0 Å². The first kappa shape index (κ1) is 10.6. The molecule has 0 bridgehead atoms. The van der Waals surface area contributed by atoms with Gasteiger partial charge in [-0.05, 0) is 40.5 Å². The Morgan fingerprint density at radius 1 is 0.900 bits per heavy atom. The molecule has 0 aromatic heterocycles. The van der Waals surface area contributed by atoms with Gasteiger partial charge < -0.3 is 5.32 Å². The Hall–Kier alpha value is 0.557. The summed E-state index contributed by atoms with van der Waals surface area (Å²) in [7, 11) is 0. The predicted molar refractivity (Wildman–Crippen MR) is 47.7 cm³/mol. The zero-order valence-electron chi connectivity index (χ0n) is 6.91. The predicted octanol–water partition coefficient (Wildman–Crippen LogP) is 1.28. The Labute approximate surface area is 76.1 Å². The van der Waals surface area contributed by atoms with Crippen LogP contribution in [0.5, 0.6) is 0 Å². The van der Waals surface area contributed by atoms with Gasteiger partial charge in [0.2, 0.25) is 0 Å². The third-order valence-corrected chi connectivity index (χ3v) is 2.05. The summed E-state index contributed by atoms with van der Waals surface area (Å²) in [6.07, 6.45) is 2.61. The fourth-order valence-electron chi connectivity index (χ4n) is 1.67. The third-order valence-electron chi connectivity index (χ3n) is 2.05. The summed E-state index contributed by atoms with van der Waals surface area (Å²) in [6, 6.07) is 0. The van der Waals surface area contributed by atoms with E-state index >= 15 is 0 Å². The summed E-state index contributed by atoms with van der Waals surface area (Å²) >= 11 is 0. The van der Waals surface area contributed by atoms with Crippen LogP contribution >= 0.6 is 0 Å². The molecule has 0 unspecified atom stereocenters. The van der Waals surface area contributed by atoms with Gasteiger partial charge in [-0.2, -0.15) is 0 Å². The molecule has 2 heteroatoms. The standard InChI is InChI=1S/C8H17N.Li.H/c1-7(2)5-6-8(3,4)9-7;;/h9H,5-6H2,1-4H3;;. The molecule has 1 aliphatic rings. The van der Waals surface area contributed by atoms with Crippen molar-refractivity contribution < 1.29 is 0 Å². The molecule has 0 radical (unpaired) electrons. The number of nitrogens with one attached hydrogen (secondary N) is 1. The molecule has 0 amide bonds. The Bertz CT molecular complexity index is 104. The van der Waals surface area contributed by atoms with E-state index in [1.165, 1.54) is 12.8 Å². The molecular weight excluding hydrogens is 117 g/mol. The topological polar surface area (TPSA) is 12.0 Å². The van der Waals surface area contributed by atoms with Gasteiger partial charge in [-0.1, -0.05) is 0 Å². The molecule has 0 aromatic rings. The molecule has 1 nitrogen and oxygen atoms in total. The third kappa shape index (κ3) is 2.66. The molecule has 0 aromatic carbocycles. The first-order chi connectivity index (χ1) is 3.91. The molecule has 0 aliphatic carbocycles.